The zero-order chi connectivity index (χ0) is 13.3. The normalized spacial score (nSPS) is 23.8. The van der Waals surface area contributed by atoms with E-state index >= 15 is 0 Å². The van der Waals surface area contributed by atoms with E-state index in [-0.39, 0.29) is 23.8 Å². The monoisotopic (exact) mass is 270 g/mol. The average Bonchev–Trinajstić information content (AvgIpc) is 2.56. The van der Waals surface area contributed by atoms with Crippen LogP contribution in [-0.4, -0.2) is 23.4 Å². The second-order valence-electron chi connectivity index (χ2n) is 4.57. The Labute approximate surface area is 111 Å². The first-order valence-corrected chi connectivity index (χ1v) is 6.42. The summed E-state index contributed by atoms with van der Waals surface area (Å²) in [5, 5.41) is 0.325. The van der Waals surface area contributed by atoms with Crippen molar-refractivity contribution in [3.8, 4) is 0 Å². The van der Waals surface area contributed by atoms with Crippen LogP contribution in [0.5, 0.6) is 0 Å². The largest absolute Gasteiger partial charge is 0.334 e. The van der Waals surface area contributed by atoms with Crippen molar-refractivity contribution in [1.82, 2.24) is 4.90 Å². The Morgan fingerprint density at radius 2 is 2.28 bits per heavy atom. The van der Waals surface area contributed by atoms with Gasteiger partial charge in [0.2, 0.25) is 5.91 Å². The van der Waals surface area contributed by atoms with Crippen LogP contribution in [-0.2, 0) is 4.79 Å². The highest BCUT2D eigenvalue weighted by Crippen LogP contribution is 2.36. The molecule has 3 nitrogen and oxygen atoms in total. The molecule has 1 amide bonds. The van der Waals surface area contributed by atoms with E-state index in [0.29, 0.717) is 18.0 Å². The highest BCUT2D eigenvalue weighted by atomic mass is 35.5. The summed E-state index contributed by atoms with van der Waals surface area (Å²) in [6.07, 6.45) is 1.17. The molecule has 2 N–H and O–H groups in total. The first-order chi connectivity index (χ1) is 8.54. The van der Waals surface area contributed by atoms with Crippen LogP contribution in [0.2, 0.25) is 5.02 Å². The van der Waals surface area contributed by atoms with Crippen molar-refractivity contribution >= 4 is 17.5 Å². The van der Waals surface area contributed by atoms with Gasteiger partial charge in [-0.3, -0.25) is 4.79 Å². The summed E-state index contributed by atoms with van der Waals surface area (Å²) in [7, 11) is 0. The molecule has 0 radical (unpaired) electrons. The Morgan fingerprint density at radius 1 is 1.56 bits per heavy atom. The number of benzene rings is 1. The molecular weight excluding hydrogens is 255 g/mol. The molecule has 0 aliphatic carbocycles. The lowest BCUT2D eigenvalue weighted by molar-refractivity contribution is -0.129. The third-order valence-electron chi connectivity index (χ3n) is 3.22. The molecule has 0 saturated carbocycles. The zero-order valence-corrected chi connectivity index (χ0v) is 11.0. The molecule has 2 rings (SSSR count). The minimum Gasteiger partial charge on any atom is -0.334 e. The van der Waals surface area contributed by atoms with Crippen LogP contribution >= 0.6 is 11.6 Å². The van der Waals surface area contributed by atoms with Crippen LogP contribution in [0.1, 0.15) is 31.4 Å². The molecule has 1 aromatic rings. The third kappa shape index (κ3) is 2.35. The SMILES string of the molecule is CCCN1C(=O)CC(N)C1c1ccc(F)cc1Cl. The molecule has 1 heterocycles. The van der Waals surface area contributed by atoms with Gasteiger partial charge in [0.15, 0.2) is 0 Å². The Balaban J connectivity index is 2.37. The van der Waals surface area contributed by atoms with Gasteiger partial charge in [-0.05, 0) is 24.1 Å². The lowest BCUT2D eigenvalue weighted by atomic mass is 10.0. The number of hydrogen-bond acceptors (Lipinski definition) is 2. The van der Waals surface area contributed by atoms with Gasteiger partial charge in [0.25, 0.3) is 0 Å². The van der Waals surface area contributed by atoms with Crippen LogP contribution in [0.25, 0.3) is 0 Å². The quantitative estimate of drug-likeness (QED) is 0.917. The highest BCUT2D eigenvalue weighted by molar-refractivity contribution is 6.31. The maximum Gasteiger partial charge on any atom is 0.224 e. The van der Waals surface area contributed by atoms with Gasteiger partial charge in [-0.1, -0.05) is 24.6 Å². The molecule has 0 bridgehead atoms. The van der Waals surface area contributed by atoms with Gasteiger partial charge in [0, 0.05) is 24.0 Å². The molecule has 2 atom stereocenters. The average molecular weight is 271 g/mol. The predicted molar refractivity (Wildman–Crippen MR) is 68.7 cm³/mol. The lowest BCUT2D eigenvalue weighted by Crippen LogP contribution is -2.33. The second-order valence-corrected chi connectivity index (χ2v) is 4.97. The summed E-state index contributed by atoms with van der Waals surface area (Å²) in [4.78, 5) is 13.6. The molecule has 1 fully saturated rings. The van der Waals surface area contributed by atoms with Crippen molar-refractivity contribution in [2.75, 3.05) is 6.54 Å². The molecular formula is C13H16ClFN2O. The van der Waals surface area contributed by atoms with Crippen LogP contribution in [0, 0.1) is 5.82 Å². The fraction of sp³-hybridized carbons (Fsp3) is 0.462. The van der Waals surface area contributed by atoms with Gasteiger partial charge >= 0.3 is 0 Å². The molecule has 5 heteroatoms. The van der Waals surface area contributed by atoms with Gasteiger partial charge < -0.3 is 10.6 Å². The molecule has 1 aliphatic rings. The number of carbonyl (C=O) groups is 1. The molecule has 18 heavy (non-hydrogen) atoms. The van der Waals surface area contributed by atoms with E-state index in [2.05, 4.69) is 0 Å². The van der Waals surface area contributed by atoms with Gasteiger partial charge in [-0.15, -0.1) is 0 Å². The number of nitrogens with zero attached hydrogens (tertiary/aromatic N) is 1. The number of carbonyl (C=O) groups excluding carboxylic acids is 1. The van der Waals surface area contributed by atoms with Crippen molar-refractivity contribution in [3.05, 3.63) is 34.6 Å². The summed E-state index contributed by atoms with van der Waals surface area (Å²) in [6, 6.07) is 3.69. The molecule has 0 aromatic heterocycles. The molecule has 1 saturated heterocycles. The van der Waals surface area contributed by atoms with E-state index in [0.717, 1.165) is 12.0 Å². The summed E-state index contributed by atoms with van der Waals surface area (Å²) < 4.78 is 13.1. The lowest BCUT2D eigenvalue weighted by Gasteiger charge is -2.27. The zero-order valence-electron chi connectivity index (χ0n) is 10.2. The molecule has 1 aliphatic heterocycles. The van der Waals surface area contributed by atoms with Crippen LogP contribution in [0.3, 0.4) is 0 Å². The standard InChI is InChI=1S/C13H16ClFN2O/c1-2-5-17-12(18)7-11(16)13(17)9-4-3-8(15)6-10(9)14/h3-4,6,11,13H,2,5,7,16H2,1H3. The van der Waals surface area contributed by atoms with E-state index < -0.39 is 0 Å². The summed E-state index contributed by atoms with van der Waals surface area (Å²) in [5.41, 5.74) is 6.74. The van der Waals surface area contributed by atoms with Crippen molar-refractivity contribution in [3.63, 3.8) is 0 Å². The third-order valence-corrected chi connectivity index (χ3v) is 3.54. The number of amides is 1. The van der Waals surface area contributed by atoms with Crippen molar-refractivity contribution in [1.29, 1.82) is 0 Å². The van der Waals surface area contributed by atoms with E-state index in [9.17, 15) is 9.18 Å². The second kappa shape index (κ2) is 5.24. The first kappa shape index (κ1) is 13.3. The topological polar surface area (TPSA) is 46.3 Å². The Morgan fingerprint density at radius 3 is 2.89 bits per heavy atom. The minimum absolute atomic E-state index is 0.0368. The predicted octanol–water partition coefficient (Wildman–Crippen LogP) is 2.49. The molecule has 98 valence electrons. The van der Waals surface area contributed by atoms with Gasteiger partial charge in [0.05, 0.1) is 6.04 Å². The van der Waals surface area contributed by atoms with Crippen molar-refractivity contribution in [2.24, 2.45) is 5.73 Å². The fourth-order valence-electron chi connectivity index (χ4n) is 2.46. The minimum atomic E-state index is -0.385. The molecule has 0 spiro atoms. The number of rotatable bonds is 3. The fourth-order valence-corrected chi connectivity index (χ4v) is 2.74. The van der Waals surface area contributed by atoms with Crippen molar-refractivity contribution < 1.29 is 9.18 Å². The maximum absolute atomic E-state index is 13.1. The van der Waals surface area contributed by atoms with Crippen LogP contribution in [0.15, 0.2) is 18.2 Å². The smallest absolute Gasteiger partial charge is 0.224 e. The van der Waals surface area contributed by atoms with Gasteiger partial charge in [0.1, 0.15) is 5.82 Å². The Bertz CT molecular complexity index is 466. The summed E-state index contributed by atoms with van der Waals surface area (Å²) in [5.74, 6) is -0.349. The Kier molecular flexibility index (Phi) is 3.88. The number of hydrogen-bond donors (Lipinski definition) is 1. The first-order valence-electron chi connectivity index (χ1n) is 6.04. The van der Waals surface area contributed by atoms with E-state index in [1.807, 2.05) is 6.92 Å². The van der Waals surface area contributed by atoms with E-state index in [1.54, 1.807) is 11.0 Å². The maximum atomic E-state index is 13.1. The van der Waals surface area contributed by atoms with E-state index in [4.69, 9.17) is 17.3 Å². The molecule has 2 unspecified atom stereocenters. The van der Waals surface area contributed by atoms with Gasteiger partial charge in [-0.2, -0.15) is 0 Å². The number of halogens is 2. The van der Waals surface area contributed by atoms with Crippen molar-refractivity contribution in [2.45, 2.75) is 31.8 Å². The number of nitrogens with two attached hydrogens (primary N) is 1. The van der Waals surface area contributed by atoms with Crippen LogP contribution < -0.4 is 5.73 Å². The summed E-state index contributed by atoms with van der Waals surface area (Å²) in [6.45, 7) is 2.64. The Hall–Kier alpha value is -1.13. The number of likely N-dealkylation sites (tertiary alicyclic amines) is 1. The molecule has 1 aromatic carbocycles. The van der Waals surface area contributed by atoms with Gasteiger partial charge in [-0.25, -0.2) is 4.39 Å². The van der Waals surface area contributed by atoms with Crippen LogP contribution in [0.4, 0.5) is 4.39 Å². The summed E-state index contributed by atoms with van der Waals surface area (Å²) >= 11 is 6.05. The van der Waals surface area contributed by atoms with E-state index in [1.165, 1.54) is 12.1 Å². The highest BCUT2D eigenvalue weighted by Gasteiger charge is 2.38.